The zero-order valence-electron chi connectivity index (χ0n) is 37.8. The largest absolute Gasteiger partial charge is 0.311 e. The van der Waals surface area contributed by atoms with E-state index >= 15 is 0 Å². The summed E-state index contributed by atoms with van der Waals surface area (Å²) in [6, 6.07) is 76.6. The molecule has 0 bridgehead atoms. The van der Waals surface area contributed by atoms with Gasteiger partial charge in [-0.3, -0.25) is 0 Å². The lowest BCUT2D eigenvalue weighted by Gasteiger charge is -2.26. The molecule has 0 aliphatic heterocycles. The number of benzene rings is 10. The second-order valence-corrected chi connectivity index (χ2v) is 18.2. The van der Waals surface area contributed by atoms with Crippen molar-refractivity contribution in [2.75, 3.05) is 4.90 Å². The number of hydrogen-bond donors (Lipinski definition) is 0. The average molecular weight is 869 g/mol. The Labute approximate surface area is 397 Å². The maximum Gasteiger partial charge on any atom is 0.0626 e. The number of nitrogens with zero attached hydrogens (tertiary/aromatic N) is 2. The van der Waals surface area contributed by atoms with Crippen LogP contribution in [0.2, 0.25) is 0 Å². The van der Waals surface area contributed by atoms with Gasteiger partial charge >= 0.3 is 0 Å². The first-order valence-electron chi connectivity index (χ1n) is 24.0. The zero-order valence-corrected chi connectivity index (χ0v) is 37.8. The first kappa shape index (κ1) is 39.9. The van der Waals surface area contributed by atoms with Crippen LogP contribution in [0.25, 0.3) is 93.2 Å². The number of para-hydroxylation sites is 2. The molecule has 0 fully saturated rings. The molecule has 0 saturated carbocycles. The predicted molar refractivity (Wildman–Crippen MR) is 292 cm³/mol. The molecule has 0 saturated heterocycles. The Morgan fingerprint density at radius 2 is 0.985 bits per heavy atom. The quantitative estimate of drug-likeness (QED) is 0.138. The van der Waals surface area contributed by atoms with E-state index < -0.39 is 0 Å². The molecular weight excluding hydrogens is 821 g/mol. The summed E-state index contributed by atoms with van der Waals surface area (Å²) in [6.45, 7) is 0. The van der Waals surface area contributed by atoms with Crippen molar-refractivity contribution >= 4 is 82.3 Å². The van der Waals surface area contributed by atoms with Gasteiger partial charge in [0.25, 0.3) is 0 Å². The fourth-order valence-electron chi connectivity index (χ4n) is 11.0. The summed E-state index contributed by atoms with van der Waals surface area (Å²) in [7, 11) is 0. The minimum atomic E-state index is 1.08. The molecule has 2 aliphatic rings. The van der Waals surface area contributed by atoms with Crippen molar-refractivity contribution in [3.8, 4) is 27.9 Å². The molecule has 0 amide bonds. The van der Waals surface area contributed by atoms with E-state index in [9.17, 15) is 0 Å². The SMILES string of the molecule is C1=CCCC(c2ccc(-n3c4ccccc4c4c5c6ccccc6c(-c6ccc(N(c7ccccc7)c7ccc(-c8ccc(C9=CCCC=C9)cc8)cc7)cc6)cc5c5ccccc5c43)cc2)=C1. The monoisotopic (exact) mass is 868 g/mol. The molecule has 1 heterocycles. The molecule has 11 aromatic rings. The summed E-state index contributed by atoms with van der Waals surface area (Å²) in [5.41, 5.74) is 17.1. The summed E-state index contributed by atoms with van der Waals surface area (Å²) >= 11 is 0. The second-order valence-electron chi connectivity index (χ2n) is 18.2. The highest BCUT2D eigenvalue weighted by molar-refractivity contribution is 6.38. The summed E-state index contributed by atoms with van der Waals surface area (Å²) in [5, 5.41) is 10.2. The molecule has 0 N–H and O–H groups in total. The number of rotatable bonds is 8. The molecule has 0 radical (unpaired) electrons. The maximum absolute atomic E-state index is 2.50. The van der Waals surface area contributed by atoms with Crippen LogP contribution >= 0.6 is 0 Å². The Kier molecular flexibility index (Phi) is 9.83. The molecule has 1 aromatic heterocycles. The van der Waals surface area contributed by atoms with E-state index in [0.717, 1.165) is 42.7 Å². The fourth-order valence-corrected chi connectivity index (χ4v) is 11.0. The van der Waals surface area contributed by atoms with Gasteiger partial charge in [-0.05, 0) is 152 Å². The predicted octanol–water partition coefficient (Wildman–Crippen LogP) is 18.5. The standard InChI is InChI=1S/C66H48N2/c1-4-16-45(17-5-1)47-28-30-48(31-29-47)50-32-38-53(39-33-50)67(52-20-8-3-9-21-52)54-42-36-51(37-43-54)61-44-62-57-23-11-13-25-59(57)66-65(64(62)58-24-12-10-22-56(58)61)60-26-14-15-27-63(60)68(66)55-40-34-49(35-41-55)46-18-6-2-7-19-46/h2-4,6,8-18,20-44H,1,5,7,19H2. The highest BCUT2D eigenvalue weighted by Crippen LogP contribution is 2.47. The Morgan fingerprint density at radius 1 is 0.397 bits per heavy atom. The minimum absolute atomic E-state index is 1.08. The third-order valence-corrected chi connectivity index (χ3v) is 14.3. The van der Waals surface area contributed by atoms with Gasteiger partial charge < -0.3 is 9.47 Å². The number of anilines is 3. The number of fused-ring (bicyclic) bond motifs is 10. The van der Waals surface area contributed by atoms with Crippen molar-refractivity contribution in [1.29, 1.82) is 0 Å². The van der Waals surface area contributed by atoms with E-state index in [0.29, 0.717) is 0 Å². The van der Waals surface area contributed by atoms with Crippen molar-refractivity contribution in [3.05, 3.63) is 254 Å². The molecule has 0 spiro atoms. The molecule has 2 heteroatoms. The maximum atomic E-state index is 2.50. The first-order valence-corrected chi connectivity index (χ1v) is 24.0. The third kappa shape index (κ3) is 6.79. The Morgan fingerprint density at radius 3 is 1.68 bits per heavy atom. The molecule has 10 aromatic carbocycles. The molecule has 13 rings (SSSR count). The number of aromatic nitrogens is 1. The van der Waals surface area contributed by atoms with Crippen LogP contribution in [0.5, 0.6) is 0 Å². The average Bonchev–Trinajstić information content (AvgIpc) is 3.77. The lowest BCUT2D eigenvalue weighted by atomic mass is 9.88. The Balaban J connectivity index is 0.927. The molecule has 322 valence electrons. The van der Waals surface area contributed by atoms with Crippen molar-refractivity contribution < 1.29 is 0 Å². The zero-order chi connectivity index (χ0) is 45.0. The number of hydrogen-bond acceptors (Lipinski definition) is 1. The van der Waals surface area contributed by atoms with Crippen LogP contribution in [0.1, 0.15) is 36.8 Å². The van der Waals surface area contributed by atoms with Gasteiger partial charge in [0.1, 0.15) is 0 Å². The lowest BCUT2D eigenvalue weighted by Crippen LogP contribution is -2.09. The third-order valence-electron chi connectivity index (χ3n) is 14.3. The highest BCUT2D eigenvalue weighted by Gasteiger charge is 2.22. The first-order chi connectivity index (χ1) is 33.7. The van der Waals surface area contributed by atoms with Gasteiger partial charge in [-0.1, -0.05) is 182 Å². The van der Waals surface area contributed by atoms with Crippen molar-refractivity contribution in [2.45, 2.75) is 25.7 Å². The normalized spacial score (nSPS) is 13.7. The van der Waals surface area contributed by atoms with Gasteiger partial charge in [0, 0.05) is 44.3 Å². The van der Waals surface area contributed by atoms with Crippen LogP contribution in [0.15, 0.2) is 243 Å². The summed E-state index contributed by atoms with van der Waals surface area (Å²) in [5.74, 6) is 0. The van der Waals surface area contributed by atoms with E-state index in [1.807, 2.05) is 0 Å². The molecular formula is C66H48N2. The van der Waals surface area contributed by atoms with E-state index in [1.165, 1.54) is 104 Å². The smallest absolute Gasteiger partial charge is 0.0626 e. The van der Waals surface area contributed by atoms with Crippen molar-refractivity contribution in [1.82, 2.24) is 4.57 Å². The summed E-state index contributed by atoms with van der Waals surface area (Å²) in [6.07, 6.45) is 18.0. The molecule has 2 nitrogen and oxygen atoms in total. The fraction of sp³-hybridized carbons (Fsp3) is 0.0606. The lowest BCUT2D eigenvalue weighted by molar-refractivity contribution is 1.04. The minimum Gasteiger partial charge on any atom is -0.311 e. The van der Waals surface area contributed by atoms with E-state index in [1.54, 1.807) is 0 Å². The van der Waals surface area contributed by atoms with Gasteiger partial charge in [0.2, 0.25) is 0 Å². The topological polar surface area (TPSA) is 8.17 Å². The van der Waals surface area contributed by atoms with Gasteiger partial charge in [-0.15, -0.1) is 0 Å². The van der Waals surface area contributed by atoms with Crippen LogP contribution in [0.3, 0.4) is 0 Å². The van der Waals surface area contributed by atoms with E-state index in [2.05, 4.69) is 252 Å². The Bertz CT molecular complexity index is 3840. The van der Waals surface area contributed by atoms with Crippen LogP contribution in [-0.2, 0) is 0 Å². The molecule has 0 unspecified atom stereocenters. The van der Waals surface area contributed by atoms with Crippen LogP contribution in [0, 0.1) is 0 Å². The van der Waals surface area contributed by atoms with Crippen molar-refractivity contribution in [3.63, 3.8) is 0 Å². The Hall–Kier alpha value is -8.46. The van der Waals surface area contributed by atoms with Gasteiger partial charge in [-0.25, -0.2) is 0 Å². The second kappa shape index (κ2) is 16.8. The van der Waals surface area contributed by atoms with Crippen LogP contribution in [0.4, 0.5) is 17.1 Å². The van der Waals surface area contributed by atoms with Gasteiger partial charge in [0.15, 0.2) is 0 Å². The van der Waals surface area contributed by atoms with Crippen molar-refractivity contribution in [2.24, 2.45) is 0 Å². The van der Waals surface area contributed by atoms with E-state index in [4.69, 9.17) is 0 Å². The summed E-state index contributed by atoms with van der Waals surface area (Å²) < 4.78 is 2.50. The molecule has 68 heavy (non-hydrogen) atoms. The van der Waals surface area contributed by atoms with Gasteiger partial charge in [-0.2, -0.15) is 0 Å². The van der Waals surface area contributed by atoms with Crippen LogP contribution < -0.4 is 4.90 Å². The van der Waals surface area contributed by atoms with Crippen LogP contribution in [-0.4, -0.2) is 4.57 Å². The summed E-state index contributed by atoms with van der Waals surface area (Å²) in [4.78, 5) is 2.36. The van der Waals surface area contributed by atoms with Gasteiger partial charge in [0.05, 0.1) is 11.0 Å². The highest BCUT2D eigenvalue weighted by atomic mass is 15.1. The molecule has 0 atom stereocenters. The number of allylic oxidation sites excluding steroid dienone is 8. The molecule has 2 aliphatic carbocycles. The van der Waals surface area contributed by atoms with E-state index in [-0.39, 0.29) is 0 Å².